The highest BCUT2D eigenvalue weighted by atomic mass is 16.2. The van der Waals surface area contributed by atoms with Crippen LogP contribution in [0.4, 0.5) is 16.3 Å². The molecule has 2 amide bonds. The second-order valence-corrected chi connectivity index (χ2v) is 9.19. The van der Waals surface area contributed by atoms with E-state index in [0.29, 0.717) is 6.54 Å². The summed E-state index contributed by atoms with van der Waals surface area (Å²) < 4.78 is 1.79. The van der Waals surface area contributed by atoms with Gasteiger partial charge >= 0.3 is 6.03 Å². The summed E-state index contributed by atoms with van der Waals surface area (Å²) in [5.74, 6) is 0.873. The van der Waals surface area contributed by atoms with Gasteiger partial charge in [-0.05, 0) is 54.7 Å². The third-order valence-corrected chi connectivity index (χ3v) is 6.36. The van der Waals surface area contributed by atoms with Crippen LogP contribution in [0, 0.1) is 0 Å². The molecule has 4 rings (SSSR count). The van der Waals surface area contributed by atoms with E-state index in [9.17, 15) is 4.79 Å². The zero-order valence-corrected chi connectivity index (χ0v) is 21.7. The van der Waals surface area contributed by atoms with E-state index in [1.807, 2.05) is 85.0 Å². The zero-order valence-electron chi connectivity index (χ0n) is 21.7. The number of pyridine rings is 1. The van der Waals surface area contributed by atoms with Gasteiger partial charge < -0.3 is 10.6 Å². The Labute approximate surface area is 219 Å². The summed E-state index contributed by atoms with van der Waals surface area (Å²) >= 11 is 0. The molecular weight excluding hydrogens is 460 g/mol. The van der Waals surface area contributed by atoms with Crippen molar-refractivity contribution in [3.05, 3.63) is 97.0 Å². The number of anilines is 2. The molecule has 7 heteroatoms. The van der Waals surface area contributed by atoms with Gasteiger partial charge in [0.25, 0.3) is 0 Å². The van der Waals surface area contributed by atoms with E-state index in [2.05, 4.69) is 39.8 Å². The van der Waals surface area contributed by atoms with Crippen LogP contribution in [0.1, 0.15) is 38.2 Å². The molecular formula is C30H36N6O. The van der Waals surface area contributed by atoms with Crippen LogP contribution in [0.15, 0.2) is 91.4 Å². The molecule has 2 heterocycles. The van der Waals surface area contributed by atoms with E-state index in [0.717, 1.165) is 60.4 Å². The van der Waals surface area contributed by atoms with Gasteiger partial charge in [0, 0.05) is 49.8 Å². The van der Waals surface area contributed by atoms with Crippen molar-refractivity contribution in [1.29, 1.82) is 0 Å². The van der Waals surface area contributed by atoms with Crippen molar-refractivity contribution in [1.82, 2.24) is 20.1 Å². The van der Waals surface area contributed by atoms with E-state index in [1.54, 1.807) is 10.9 Å². The Hall–Kier alpha value is -4.13. The highest BCUT2D eigenvalue weighted by molar-refractivity contribution is 5.93. The van der Waals surface area contributed by atoms with Crippen LogP contribution in [0.25, 0.3) is 11.1 Å². The molecule has 2 aromatic carbocycles. The summed E-state index contributed by atoms with van der Waals surface area (Å²) in [7, 11) is 1.91. The second kappa shape index (κ2) is 13.3. The Morgan fingerprint density at radius 1 is 0.973 bits per heavy atom. The molecule has 7 nitrogen and oxygen atoms in total. The van der Waals surface area contributed by atoms with Crippen LogP contribution in [0.2, 0.25) is 0 Å². The minimum atomic E-state index is -0.0749. The number of aryl methyl sites for hydroxylation is 1. The zero-order chi connectivity index (χ0) is 25.9. The Morgan fingerprint density at radius 2 is 1.76 bits per heavy atom. The van der Waals surface area contributed by atoms with Gasteiger partial charge in [-0.15, -0.1) is 0 Å². The fourth-order valence-electron chi connectivity index (χ4n) is 4.49. The maximum absolute atomic E-state index is 13.6. The highest BCUT2D eigenvalue weighted by Gasteiger charge is 2.25. The van der Waals surface area contributed by atoms with Gasteiger partial charge in [0.05, 0.1) is 6.20 Å². The molecule has 0 unspecified atom stereocenters. The first-order valence-electron chi connectivity index (χ1n) is 13.0. The molecule has 37 heavy (non-hydrogen) atoms. The average Bonchev–Trinajstić information content (AvgIpc) is 3.38. The minimum absolute atomic E-state index is 0.0749. The van der Waals surface area contributed by atoms with Gasteiger partial charge in [0.15, 0.2) is 0 Å². The summed E-state index contributed by atoms with van der Waals surface area (Å²) in [6, 6.07) is 24.1. The van der Waals surface area contributed by atoms with Crippen molar-refractivity contribution in [2.24, 2.45) is 7.05 Å². The molecule has 1 atom stereocenters. The standard InChI is InChI=1S/C30H36N6O/c1-3-10-27(13-9-20-32-29-14-7-8-19-31-29)36(30(37)33-21-24-11-5-4-6-12-24)28-17-15-25(16-18-28)26-22-34-35(2)23-26/h4-8,11-12,14-19,22-23,27H,3,9-10,13,20-21H2,1-2H3,(H,31,32)(H,33,37)/t27-/m0/s1. The third-order valence-electron chi connectivity index (χ3n) is 6.36. The number of urea groups is 1. The first-order chi connectivity index (χ1) is 18.1. The van der Waals surface area contributed by atoms with Crippen molar-refractivity contribution in [2.45, 2.75) is 45.2 Å². The van der Waals surface area contributed by atoms with E-state index in [4.69, 9.17) is 0 Å². The number of hydrogen-bond acceptors (Lipinski definition) is 4. The van der Waals surface area contributed by atoms with E-state index in [-0.39, 0.29) is 12.1 Å². The molecule has 0 fully saturated rings. The molecule has 0 aliphatic carbocycles. The topological polar surface area (TPSA) is 75.1 Å². The highest BCUT2D eigenvalue weighted by Crippen LogP contribution is 2.27. The number of amides is 2. The number of nitrogens with zero attached hydrogens (tertiary/aromatic N) is 4. The van der Waals surface area contributed by atoms with E-state index >= 15 is 0 Å². The molecule has 192 valence electrons. The largest absolute Gasteiger partial charge is 0.370 e. The fraction of sp³-hybridized carbons (Fsp3) is 0.300. The number of aromatic nitrogens is 3. The normalized spacial score (nSPS) is 11.6. The summed E-state index contributed by atoms with van der Waals surface area (Å²) in [6.45, 7) is 3.46. The monoisotopic (exact) mass is 496 g/mol. The predicted molar refractivity (Wildman–Crippen MR) is 150 cm³/mol. The van der Waals surface area contributed by atoms with Crippen LogP contribution < -0.4 is 15.5 Å². The predicted octanol–water partition coefficient (Wildman–Crippen LogP) is 6.26. The number of rotatable bonds is 12. The maximum atomic E-state index is 13.6. The van der Waals surface area contributed by atoms with Gasteiger partial charge in [-0.3, -0.25) is 9.58 Å². The fourth-order valence-corrected chi connectivity index (χ4v) is 4.49. The molecule has 2 aromatic heterocycles. The molecule has 0 saturated carbocycles. The number of nitrogens with one attached hydrogen (secondary N) is 2. The van der Waals surface area contributed by atoms with Gasteiger partial charge in [0.2, 0.25) is 0 Å². The lowest BCUT2D eigenvalue weighted by Gasteiger charge is -2.32. The summed E-state index contributed by atoms with van der Waals surface area (Å²) in [5.41, 5.74) is 4.11. The molecule has 0 aliphatic rings. The van der Waals surface area contributed by atoms with Crippen molar-refractivity contribution in [3.63, 3.8) is 0 Å². The number of hydrogen-bond donors (Lipinski definition) is 2. The molecule has 0 aliphatic heterocycles. The van der Waals surface area contributed by atoms with Gasteiger partial charge in [-0.1, -0.05) is 61.9 Å². The van der Waals surface area contributed by atoms with Crippen LogP contribution in [0.3, 0.4) is 0 Å². The van der Waals surface area contributed by atoms with Crippen LogP contribution in [-0.2, 0) is 13.6 Å². The first kappa shape index (κ1) is 25.9. The quantitative estimate of drug-likeness (QED) is 0.227. The lowest BCUT2D eigenvalue weighted by atomic mass is 10.0. The van der Waals surface area contributed by atoms with Gasteiger partial charge in [-0.25, -0.2) is 9.78 Å². The van der Waals surface area contributed by atoms with E-state index < -0.39 is 0 Å². The molecule has 4 aromatic rings. The van der Waals surface area contributed by atoms with Crippen LogP contribution in [0.5, 0.6) is 0 Å². The Morgan fingerprint density at radius 3 is 2.43 bits per heavy atom. The van der Waals surface area contributed by atoms with Gasteiger partial charge in [-0.2, -0.15) is 5.10 Å². The maximum Gasteiger partial charge on any atom is 0.322 e. The number of carbonyl (C=O) groups excluding carboxylic acids is 1. The lowest BCUT2D eigenvalue weighted by molar-refractivity contribution is 0.242. The average molecular weight is 497 g/mol. The molecule has 0 saturated heterocycles. The summed E-state index contributed by atoms with van der Waals surface area (Å²) in [4.78, 5) is 19.9. The van der Waals surface area contributed by atoms with Crippen molar-refractivity contribution in [2.75, 3.05) is 16.8 Å². The second-order valence-electron chi connectivity index (χ2n) is 9.19. The summed E-state index contributed by atoms with van der Waals surface area (Å²) in [5, 5.41) is 10.8. The first-order valence-corrected chi connectivity index (χ1v) is 13.0. The van der Waals surface area contributed by atoms with Crippen LogP contribution >= 0.6 is 0 Å². The van der Waals surface area contributed by atoms with Crippen molar-refractivity contribution < 1.29 is 4.79 Å². The van der Waals surface area contributed by atoms with Crippen LogP contribution in [-0.4, -0.2) is 33.4 Å². The van der Waals surface area contributed by atoms with E-state index in [1.165, 1.54) is 0 Å². The molecule has 0 radical (unpaired) electrons. The Kier molecular flexibility index (Phi) is 9.29. The smallest absolute Gasteiger partial charge is 0.322 e. The lowest BCUT2D eigenvalue weighted by Crippen LogP contribution is -2.46. The Balaban J connectivity index is 1.50. The number of carbonyl (C=O) groups is 1. The van der Waals surface area contributed by atoms with Crippen molar-refractivity contribution >= 4 is 17.5 Å². The number of benzene rings is 2. The van der Waals surface area contributed by atoms with Crippen molar-refractivity contribution in [3.8, 4) is 11.1 Å². The third kappa shape index (κ3) is 7.43. The molecule has 0 spiro atoms. The van der Waals surface area contributed by atoms with Gasteiger partial charge in [0.1, 0.15) is 5.82 Å². The molecule has 2 N–H and O–H groups in total. The molecule has 0 bridgehead atoms. The Bertz CT molecular complexity index is 1220. The summed E-state index contributed by atoms with van der Waals surface area (Å²) in [6.07, 6.45) is 9.37. The minimum Gasteiger partial charge on any atom is -0.370 e. The SMILES string of the molecule is CCC[C@@H](CCCNc1ccccn1)N(C(=O)NCc1ccccc1)c1ccc(-c2cnn(C)c2)cc1.